The molecule has 0 fully saturated rings. The van der Waals surface area contributed by atoms with Crippen LogP contribution in [0.5, 0.6) is 0 Å². The number of carboxylic acid groups (broad SMARTS) is 1. The molecule has 96 valence electrons. The summed E-state index contributed by atoms with van der Waals surface area (Å²) in [6.07, 6.45) is 2.84. The molecule has 18 heavy (non-hydrogen) atoms. The third kappa shape index (κ3) is 2.87. The number of aromatic nitrogens is 2. The fraction of sp³-hybridized carbons (Fsp3) is 0.385. The van der Waals surface area contributed by atoms with Crippen LogP contribution in [0.3, 0.4) is 0 Å². The number of carbonyl (C=O) groups is 1. The Morgan fingerprint density at radius 1 is 1.50 bits per heavy atom. The third-order valence-electron chi connectivity index (χ3n) is 2.87. The van der Waals surface area contributed by atoms with Gasteiger partial charge < -0.3 is 14.8 Å². The Hall–Kier alpha value is -1.88. The van der Waals surface area contributed by atoms with Crippen LogP contribution in [0.25, 0.3) is 5.65 Å². The van der Waals surface area contributed by atoms with Crippen LogP contribution in [0.4, 0.5) is 0 Å². The molecule has 0 atom stereocenters. The number of pyridine rings is 1. The number of fused-ring (bicyclic) bond motifs is 1. The van der Waals surface area contributed by atoms with Crippen molar-refractivity contribution in [2.75, 3.05) is 6.54 Å². The summed E-state index contributed by atoms with van der Waals surface area (Å²) >= 11 is 0. The van der Waals surface area contributed by atoms with E-state index in [9.17, 15) is 4.79 Å². The molecule has 0 aliphatic heterocycles. The molecule has 2 N–H and O–H groups in total. The fourth-order valence-electron chi connectivity index (χ4n) is 1.95. The van der Waals surface area contributed by atoms with Crippen LogP contribution >= 0.6 is 0 Å². The topological polar surface area (TPSA) is 66.6 Å². The lowest BCUT2D eigenvalue weighted by atomic mass is 10.3. The molecule has 0 aliphatic rings. The average Bonchev–Trinajstić information content (AvgIpc) is 2.65. The van der Waals surface area contributed by atoms with E-state index in [1.165, 1.54) is 0 Å². The monoisotopic (exact) mass is 247 g/mol. The van der Waals surface area contributed by atoms with Gasteiger partial charge in [-0.3, -0.25) is 4.79 Å². The summed E-state index contributed by atoms with van der Waals surface area (Å²) in [6.45, 7) is 3.39. The molecule has 0 unspecified atom stereocenters. The number of imidazole rings is 1. The molecule has 0 bridgehead atoms. The Balaban J connectivity index is 1.95. The number of hydrogen-bond donors (Lipinski definition) is 2. The van der Waals surface area contributed by atoms with Gasteiger partial charge in [-0.05, 0) is 32.0 Å². The molecule has 0 saturated heterocycles. The largest absolute Gasteiger partial charge is 0.481 e. The van der Waals surface area contributed by atoms with E-state index in [2.05, 4.69) is 14.7 Å². The van der Waals surface area contributed by atoms with Gasteiger partial charge in [0.1, 0.15) is 5.65 Å². The third-order valence-corrected chi connectivity index (χ3v) is 2.87. The molecule has 2 rings (SSSR count). The van der Waals surface area contributed by atoms with Gasteiger partial charge in [-0.2, -0.15) is 0 Å². The molecule has 2 aromatic heterocycles. The first-order valence-electron chi connectivity index (χ1n) is 6.03. The number of aliphatic carboxylic acids is 1. The van der Waals surface area contributed by atoms with Crippen molar-refractivity contribution in [1.29, 1.82) is 0 Å². The lowest BCUT2D eigenvalue weighted by Crippen LogP contribution is -2.17. The second-order valence-corrected chi connectivity index (χ2v) is 4.25. The van der Waals surface area contributed by atoms with E-state index in [-0.39, 0.29) is 6.42 Å². The van der Waals surface area contributed by atoms with E-state index in [0.717, 1.165) is 17.0 Å². The predicted octanol–water partition coefficient (Wildman–Crippen LogP) is 1.60. The summed E-state index contributed by atoms with van der Waals surface area (Å²) in [6, 6.07) is 5.91. The number of nitrogens with one attached hydrogen (secondary N) is 1. The highest BCUT2D eigenvalue weighted by atomic mass is 16.4. The van der Waals surface area contributed by atoms with Gasteiger partial charge in [-0.15, -0.1) is 0 Å². The van der Waals surface area contributed by atoms with Crippen molar-refractivity contribution in [3.05, 3.63) is 35.8 Å². The number of nitrogens with zero attached hydrogens (tertiary/aromatic N) is 2. The molecule has 5 nitrogen and oxygen atoms in total. The second-order valence-electron chi connectivity index (χ2n) is 4.25. The van der Waals surface area contributed by atoms with Crippen LogP contribution in [0.1, 0.15) is 24.2 Å². The Bertz CT molecular complexity index is 548. The van der Waals surface area contributed by atoms with E-state index >= 15 is 0 Å². The van der Waals surface area contributed by atoms with E-state index in [1.807, 2.05) is 31.3 Å². The summed E-state index contributed by atoms with van der Waals surface area (Å²) in [5.41, 5.74) is 3.07. The Labute approximate surface area is 105 Å². The molecule has 2 aromatic rings. The summed E-state index contributed by atoms with van der Waals surface area (Å²) in [5.74, 6) is -0.747. The summed E-state index contributed by atoms with van der Waals surface area (Å²) in [4.78, 5) is 14.8. The lowest BCUT2D eigenvalue weighted by Gasteiger charge is -2.05. The van der Waals surface area contributed by atoms with Gasteiger partial charge in [0, 0.05) is 19.2 Å². The van der Waals surface area contributed by atoms with Crippen LogP contribution in [0, 0.1) is 6.92 Å². The first kappa shape index (κ1) is 12.6. The van der Waals surface area contributed by atoms with Gasteiger partial charge in [0.2, 0.25) is 0 Å². The van der Waals surface area contributed by atoms with Crippen LogP contribution in [0.2, 0.25) is 0 Å². The van der Waals surface area contributed by atoms with Crippen molar-refractivity contribution >= 4 is 11.6 Å². The van der Waals surface area contributed by atoms with E-state index < -0.39 is 5.97 Å². The minimum Gasteiger partial charge on any atom is -0.481 e. The smallest absolute Gasteiger partial charge is 0.303 e. The quantitative estimate of drug-likeness (QED) is 0.761. The van der Waals surface area contributed by atoms with E-state index in [0.29, 0.717) is 19.5 Å². The summed E-state index contributed by atoms with van der Waals surface area (Å²) in [7, 11) is 0. The van der Waals surface area contributed by atoms with Crippen molar-refractivity contribution in [3.8, 4) is 0 Å². The normalized spacial score (nSPS) is 10.9. The standard InChI is InChI=1S/C13H17N3O2/c1-10-11(9-14-7-4-6-13(17)18)16-8-3-2-5-12(16)15-10/h2-3,5,8,14H,4,6-7,9H2,1H3,(H,17,18). The maximum absolute atomic E-state index is 10.4. The number of rotatable bonds is 6. The molecule has 0 aromatic carbocycles. The zero-order chi connectivity index (χ0) is 13.0. The first-order valence-corrected chi connectivity index (χ1v) is 6.03. The SMILES string of the molecule is Cc1nc2ccccn2c1CNCCCC(=O)O. The number of carboxylic acids is 1. The van der Waals surface area contributed by atoms with Gasteiger partial charge in [0.15, 0.2) is 0 Å². The zero-order valence-electron chi connectivity index (χ0n) is 10.4. The van der Waals surface area contributed by atoms with E-state index in [1.54, 1.807) is 0 Å². The highest BCUT2D eigenvalue weighted by molar-refractivity contribution is 5.66. The van der Waals surface area contributed by atoms with Gasteiger partial charge in [-0.25, -0.2) is 4.98 Å². The Morgan fingerprint density at radius 3 is 3.11 bits per heavy atom. The lowest BCUT2D eigenvalue weighted by molar-refractivity contribution is -0.137. The highest BCUT2D eigenvalue weighted by Gasteiger charge is 2.07. The minimum atomic E-state index is -0.747. The summed E-state index contributed by atoms with van der Waals surface area (Å²) in [5, 5.41) is 11.8. The van der Waals surface area contributed by atoms with Crippen LogP contribution < -0.4 is 5.32 Å². The van der Waals surface area contributed by atoms with Crippen LogP contribution in [0.15, 0.2) is 24.4 Å². The van der Waals surface area contributed by atoms with Crippen molar-refractivity contribution in [2.24, 2.45) is 0 Å². The fourth-order valence-corrected chi connectivity index (χ4v) is 1.95. The molecule has 0 amide bonds. The highest BCUT2D eigenvalue weighted by Crippen LogP contribution is 2.11. The Morgan fingerprint density at radius 2 is 2.33 bits per heavy atom. The molecule has 0 aliphatic carbocycles. The predicted molar refractivity (Wildman–Crippen MR) is 68.5 cm³/mol. The number of hydrogen-bond acceptors (Lipinski definition) is 3. The van der Waals surface area contributed by atoms with Gasteiger partial charge >= 0.3 is 5.97 Å². The Kier molecular flexibility index (Phi) is 3.94. The van der Waals surface area contributed by atoms with Gasteiger partial charge in [0.25, 0.3) is 0 Å². The zero-order valence-corrected chi connectivity index (χ0v) is 10.4. The maximum atomic E-state index is 10.4. The molecular weight excluding hydrogens is 230 g/mol. The van der Waals surface area contributed by atoms with Gasteiger partial charge in [0.05, 0.1) is 11.4 Å². The molecule has 0 saturated carbocycles. The van der Waals surface area contributed by atoms with E-state index in [4.69, 9.17) is 5.11 Å². The number of aryl methyl sites for hydroxylation is 1. The van der Waals surface area contributed by atoms with Gasteiger partial charge in [-0.1, -0.05) is 6.07 Å². The first-order chi connectivity index (χ1) is 8.68. The molecule has 5 heteroatoms. The maximum Gasteiger partial charge on any atom is 0.303 e. The van der Waals surface area contributed by atoms with Crippen molar-refractivity contribution in [2.45, 2.75) is 26.3 Å². The van der Waals surface area contributed by atoms with Crippen LogP contribution in [-0.4, -0.2) is 27.0 Å². The minimum absolute atomic E-state index is 0.207. The average molecular weight is 247 g/mol. The van der Waals surface area contributed by atoms with Crippen molar-refractivity contribution in [3.63, 3.8) is 0 Å². The van der Waals surface area contributed by atoms with Crippen molar-refractivity contribution < 1.29 is 9.90 Å². The van der Waals surface area contributed by atoms with Crippen molar-refractivity contribution in [1.82, 2.24) is 14.7 Å². The molecule has 0 spiro atoms. The molecule has 2 heterocycles. The van der Waals surface area contributed by atoms with Crippen LogP contribution in [-0.2, 0) is 11.3 Å². The molecule has 0 radical (unpaired) electrons. The summed E-state index contributed by atoms with van der Waals surface area (Å²) < 4.78 is 2.06. The molecular formula is C13H17N3O2. The second kappa shape index (κ2) is 5.64.